The van der Waals surface area contributed by atoms with Crippen molar-refractivity contribution in [1.82, 2.24) is 0 Å². The van der Waals surface area contributed by atoms with E-state index in [4.69, 9.17) is 14.6 Å². The van der Waals surface area contributed by atoms with E-state index in [0.717, 1.165) is 12.2 Å². The monoisotopic (exact) mass is 251 g/mol. The number of carbonyl (C=O) groups excluding carboxylic acids is 1. The van der Waals surface area contributed by atoms with Crippen LogP contribution in [-0.4, -0.2) is 31.2 Å². The molecule has 0 bridgehead atoms. The number of carboxylic acid groups (broad SMARTS) is 1. The van der Waals surface area contributed by atoms with Gasteiger partial charge in [0, 0.05) is 23.9 Å². The molecule has 1 rings (SSSR count). The lowest BCUT2D eigenvalue weighted by atomic mass is 10.2. The number of methoxy groups -OCH3 is 2. The molecule has 0 fully saturated rings. The number of aliphatic carboxylic acids is 1. The van der Waals surface area contributed by atoms with Crippen molar-refractivity contribution >= 4 is 17.6 Å². The summed E-state index contributed by atoms with van der Waals surface area (Å²) < 4.78 is 10.1. The third-order valence-electron chi connectivity index (χ3n) is 2.03. The minimum Gasteiger partial charge on any atom is -0.493 e. The highest BCUT2D eigenvalue weighted by molar-refractivity contribution is 6.02. The molecule has 0 heterocycles. The lowest BCUT2D eigenvalue weighted by Gasteiger charge is -2.09. The molecule has 2 N–H and O–H groups in total. The number of anilines is 1. The quantitative estimate of drug-likeness (QED) is 0.770. The average Bonchev–Trinajstić information content (AvgIpc) is 2.36. The molecule has 0 aliphatic carbocycles. The summed E-state index contributed by atoms with van der Waals surface area (Å²) in [5, 5.41) is 10.9. The van der Waals surface area contributed by atoms with Crippen molar-refractivity contribution in [2.75, 3.05) is 19.5 Å². The summed E-state index contributed by atoms with van der Waals surface area (Å²) in [6.45, 7) is 0. The number of hydrogen-bond acceptors (Lipinski definition) is 4. The topological polar surface area (TPSA) is 84.9 Å². The molecular weight excluding hydrogens is 238 g/mol. The van der Waals surface area contributed by atoms with Gasteiger partial charge in [0.15, 0.2) is 11.5 Å². The van der Waals surface area contributed by atoms with Crippen molar-refractivity contribution in [2.45, 2.75) is 0 Å². The average molecular weight is 251 g/mol. The van der Waals surface area contributed by atoms with Crippen LogP contribution in [-0.2, 0) is 9.59 Å². The summed E-state index contributed by atoms with van der Waals surface area (Å²) in [4.78, 5) is 21.6. The van der Waals surface area contributed by atoms with Gasteiger partial charge >= 0.3 is 5.97 Å². The maximum absolute atomic E-state index is 11.3. The number of nitrogens with one attached hydrogen (secondary N) is 1. The molecule has 18 heavy (non-hydrogen) atoms. The predicted octanol–water partition coefficient (Wildman–Crippen LogP) is 1.28. The Kier molecular flexibility index (Phi) is 4.74. The van der Waals surface area contributed by atoms with Crippen LogP contribution in [0, 0.1) is 0 Å². The molecule has 0 saturated heterocycles. The van der Waals surface area contributed by atoms with E-state index in [-0.39, 0.29) is 0 Å². The molecule has 1 amide bonds. The number of carboxylic acids is 1. The molecule has 0 unspecified atom stereocenters. The zero-order valence-corrected chi connectivity index (χ0v) is 9.97. The van der Waals surface area contributed by atoms with E-state index < -0.39 is 11.9 Å². The highest BCUT2D eigenvalue weighted by atomic mass is 16.5. The van der Waals surface area contributed by atoms with Crippen LogP contribution in [0.2, 0.25) is 0 Å². The van der Waals surface area contributed by atoms with Gasteiger partial charge in [0.1, 0.15) is 0 Å². The van der Waals surface area contributed by atoms with Gasteiger partial charge in [0.2, 0.25) is 5.91 Å². The molecule has 6 nitrogen and oxygen atoms in total. The first-order chi connectivity index (χ1) is 8.56. The van der Waals surface area contributed by atoms with Crippen LogP contribution in [0.5, 0.6) is 11.5 Å². The molecule has 0 aromatic heterocycles. The molecule has 0 saturated carbocycles. The molecule has 0 atom stereocenters. The molecule has 1 aromatic rings. The van der Waals surface area contributed by atoms with E-state index in [1.54, 1.807) is 18.2 Å². The highest BCUT2D eigenvalue weighted by Gasteiger charge is 2.05. The van der Waals surface area contributed by atoms with Gasteiger partial charge in [-0.15, -0.1) is 0 Å². The number of carbonyl (C=O) groups is 2. The summed E-state index contributed by atoms with van der Waals surface area (Å²) in [5.74, 6) is -0.712. The van der Waals surface area contributed by atoms with Gasteiger partial charge in [-0.05, 0) is 12.1 Å². The van der Waals surface area contributed by atoms with E-state index in [2.05, 4.69) is 5.32 Å². The maximum atomic E-state index is 11.3. The molecule has 0 aliphatic heterocycles. The van der Waals surface area contributed by atoms with Crippen LogP contribution < -0.4 is 14.8 Å². The maximum Gasteiger partial charge on any atom is 0.328 e. The van der Waals surface area contributed by atoms with Crippen LogP contribution in [0.15, 0.2) is 30.4 Å². The largest absolute Gasteiger partial charge is 0.493 e. The van der Waals surface area contributed by atoms with Crippen LogP contribution in [0.4, 0.5) is 5.69 Å². The second-order valence-corrected chi connectivity index (χ2v) is 3.23. The van der Waals surface area contributed by atoms with E-state index in [1.807, 2.05) is 0 Å². The summed E-state index contributed by atoms with van der Waals surface area (Å²) >= 11 is 0. The Balaban J connectivity index is 2.79. The second kappa shape index (κ2) is 6.29. The molecule has 0 aliphatic rings. The highest BCUT2D eigenvalue weighted by Crippen LogP contribution is 2.29. The molecule has 6 heteroatoms. The fourth-order valence-electron chi connectivity index (χ4n) is 1.24. The smallest absolute Gasteiger partial charge is 0.328 e. The standard InChI is InChI=1S/C12H13NO5/c1-17-9-4-3-8(7-10(9)18-2)13-11(14)5-6-12(15)16/h3-7H,1-2H3,(H,13,14)(H,15,16)/b6-5+. The molecule has 96 valence electrons. The Bertz CT molecular complexity index is 481. The normalized spacial score (nSPS) is 10.1. The van der Waals surface area contributed by atoms with Gasteiger partial charge < -0.3 is 19.9 Å². The lowest BCUT2D eigenvalue weighted by molar-refractivity contribution is -0.131. The van der Waals surface area contributed by atoms with Crippen LogP contribution in [0.1, 0.15) is 0 Å². The Morgan fingerprint density at radius 3 is 2.39 bits per heavy atom. The Morgan fingerprint density at radius 2 is 1.83 bits per heavy atom. The molecule has 1 aromatic carbocycles. The Hall–Kier alpha value is -2.50. The van der Waals surface area contributed by atoms with Gasteiger partial charge in [-0.1, -0.05) is 0 Å². The number of rotatable bonds is 5. The minimum absolute atomic E-state index is 0.470. The third-order valence-corrected chi connectivity index (χ3v) is 2.03. The van der Waals surface area contributed by atoms with E-state index in [9.17, 15) is 9.59 Å². The van der Waals surface area contributed by atoms with Gasteiger partial charge in [-0.2, -0.15) is 0 Å². The van der Waals surface area contributed by atoms with E-state index >= 15 is 0 Å². The Morgan fingerprint density at radius 1 is 1.17 bits per heavy atom. The first kappa shape index (κ1) is 13.6. The molecule has 0 spiro atoms. The lowest BCUT2D eigenvalue weighted by Crippen LogP contribution is -2.08. The van der Waals surface area contributed by atoms with E-state index in [0.29, 0.717) is 17.2 Å². The predicted molar refractivity (Wildman–Crippen MR) is 65.0 cm³/mol. The number of hydrogen-bond donors (Lipinski definition) is 2. The van der Waals surface area contributed by atoms with Gasteiger partial charge in [-0.3, -0.25) is 4.79 Å². The van der Waals surface area contributed by atoms with Crippen LogP contribution in [0.3, 0.4) is 0 Å². The van der Waals surface area contributed by atoms with Crippen molar-refractivity contribution in [3.8, 4) is 11.5 Å². The van der Waals surface area contributed by atoms with Crippen LogP contribution >= 0.6 is 0 Å². The van der Waals surface area contributed by atoms with Crippen molar-refractivity contribution in [3.05, 3.63) is 30.4 Å². The van der Waals surface area contributed by atoms with Gasteiger partial charge in [0.25, 0.3) is 0 Å². The zero-order valence-electron chi connectivity index (χ0n) is 9.97. The fraction of sp³-hybridized carbons (Fsp3) is 0.167. The SMILES string of the molecule is COc1ccc(NC(=O)/C=C/C(=O)O)cc1OC. The zero-order chi connectivity index (χ0) is 13.5. The third kappa shape index (κ3) is 3.82. The molecule has 0 radical (unpaired) electrons. The second-order valence-electron chi connectivity index (χ2n) is 3.23. The summed E-state index contributed by atoms with van der Waals surface area (Å²) in [6.07, 6.45) is 1.69. The Labute approximate surface area is 104 Å². The van der Waals surface area contributed by atoms with Crippen molar-refractivity contribution < 1.29 is 24.2 Å². The number of benzene rings is 1. The van der Waals surface area contributed by atoms with E-state index in [1.165, 1.54) is 14.2 Å². The number of amides is 1. The fourth-order valence-corrected chi connectivity index (χ4v) is 1.24. The van der Waals surface area contributed by atoms with Crippen molar-refractivity contribution in [1.29, 1.82) is 0 Å². The van der Waals surface area contributed by atoms with Gasteiger partial charge in [0.05, 0.1) is 14.2 Å². The first-order valence-electron chi connectivity index (χ1n) is 5.01. The first-order valence-corrected chi connectivity index (χ1v) is 5.01. The van der Waals surface area contributed by atoms with Crippen molar-refractivity contribution in [2.24, 2.45) is 0 Å². The summed E-state index contributed by atoms with van der Waals surface area (Å²) in [5.41, 5.74) is 0.479. The van der Waals surface area contributed by atoms with Crippen LogP contribution in [0.25, 0.3) is 0 Å². The summed E-state index contributed by atoms with van der Waals surface area (Å²) in [7, 11) is 2.99. The minimum atomic E-state index is -1.18. The summed E-state index contributed by atoms with van der Waals surface area (Å²) in [6, 6.07) is 4.83. The molecular formula is C12H13NO5. The van der Waals surface area contributed by atoms with Gasteiger partial charge in [-0.25, -0.2) is 4.79 Å². The van der Waals surface area contributed by atoms with Crippen molar-refractivity contribution in [3.63, 3.8) is 0 Å². The number of ether oxygens (including phenoxy) is 2.